The Kier molecular flexibility index (Phi) is 8.53. The molecule has 26 heavy (non-hydrogen) atoms. The van der Waals surface area contributed by atoms with Gasteiger partial charge < -0.3 is 10.6 Å². The summed E-state index contributed by atoms with van der Waals surface area (Å²) in [6.45, 7) is 10.4. The van der Waals surface area contributed by atoms with Crippen LogP contribution >= 0.6 is 12.4 Å². The van der Waals surface area contributed by atoms with Gasteiger partial charge in [0.2, 0.25) is 5.91 Å². The van der Waals surface area contributed by atoms with Crippen LogP contribution < -0.4 is 16.0 Å². The van der Waals surface area contributed by atoms with Crippen LogP contribution in [0, 0.1) is 0 Å². The van der Waals surface area contributed by atoms with Gasteiger partial charge in [-0.3, -0.25) is 15.0 Å². The molecule has 7 heteroatoms. The number of rotatable bonds is 4. The molecule has 0 aromatic heterocycles. The van der Waals surface area contributed by atoms with Crippen molar-refractivity contribution < 1.29 is 9.59 Å². The van der Waals surface area contributed by atoms with Crippen molar-refractivity contribution in [3.8, 4) is 0 Å². The molecule has 1 aromatic carbocycles. The molecule has 0 bridgehead atoms. The van der Waals surface area contributed by atoms with Crippen LogP contribution in [0.15, 0.2) is 24.3 Å². The first kappa shape index (κ1) is 22.4. The van der Waals surface area contributed by atoms with Crippen molar-refractivity contribution in [3.05, 3.63) is 35.4 Å². The first-order valence-electron chi connectivity index (χ1n) is 8.94. The van der Waals surface area contributed by atoms with Crippen LogP contribution in [0.25, 0.3) is 0 Å². The van der Waals surface area contributed by atoms with Crippen LogP contribution in [0.5, 0.6) is 0 Å². The highest BCUT2D eigenvalue weighted by Crippen LogP contribution is 2.22. The monoisotopic (exact) mass is 382 g/mol. The Morgan fingerprint density at radius 1 is 1.23 bits per heavy atom. The van der Waals surface area contributed by atoms with E-state index in [0.29, 0.717) is 0 Å². The maximum atomic E-state index is 12.3. The first-order valence-corrected chi connectivity index (χ1v) is 8.94. The quantitative estimate of drug-likeness (QED) is 0.746. The second kappa shape index (κ2) is 9.90. The van der Waals surface area contributed by atoms with Crippen molar-refractivity contribution in [1.29, 1.82) is 0 Å². The van der Waals surface area contributed by atoms with Gasteiger partial charge in [0.25, 0.3) is 0 Å². The Morgan fingerprint density at radius 2 is 1.88 bits per heavy atom. The molecule has 0 aliphatic carbocycles. The predicted molar refractivity (Wildman–Crippen MR) is 107 cm³/mol. The lowest BCUT2D eigenvalue weighted by Gasteiger charge is -2.36. The predicted octanol–water partition coefficient (Wildman–Crippen LogP) is 2.24. The van der Waals surface area contributed by atoms with E-state index in [4.69, 9.17) is 0 Å². The average Bonchev–Trinajstić information content (AvgIpc) is 2.53. The smallest absolute Gasteiger partial charge is 0.321 e. The van der Waals surface area contributed by atoms with Crippen molar-refractivity contribution in [2.45, 2.75) is 45.7 Å². The number of hydrogen-bond donors (Lipinski definition) is 3. The average molecular weight is 383 g/mol. The SMILES string of the molecule is CCc1ccc(C2CNCCN2CC(=O)NC(=O)NC(C)(C)C)cc1.Cl. The zero-order chi connectivity index (χ0) is 18.4. The third-order valence-corrected chi connectivity index (χ3v) is 4.22. The van der Waals surface area contributed by atoms with Crippen LogP contribution in [-0.2, 0) is 11.2 Å². The molecule has 146 valence electrons. The van der Waals surface area contributed by atoms with Crippen molar-refractivity contribution in [1.82, 2.24) is 20.9 Å². The number of nitrogens with zero attached hydrogens (tertiary/aromatic N) is 1. The zero-order valence-electron chi connectivity index (χ0n) is 16.1. The minimum atomic E-state index is -0.448. The minimum absolute atomic E-state index is 0. The van der Waals surface area contributed by atoms with Crippen molar-refractivity contribution in [3.63, 3.8) is 0 Å². The number of urea groups is 1. The molecule has 1 saturated heterocycles. The van der Waals surface area contributed by atoms with E-state index in [0.717, 1.165) is 26.1 Å². The highest BCUT2D eigenvalue weighted by Gasteiger charge is 2.26. The number of halogens is 1. The van der Waals surface area contributed by atoms with E-state index in [1.807, 2.05) is 20.8 Å². The topological polar surface area (TPSA) is 73.5 Å². The van der Waals surface area contributed by atoms with Crippen LogP contribution in [0.3, 0.4) is 0 Å². The molecule has 1 atom stereocenters. The van der Waals surface area contributed by atoms with E-state index >= 15 is 0 Å². The number of aryl methyl sites for hydroxylation is 1. The number of nitrogens with one attached hydrogen (secondary N) is 3. The Labute approximate surface area is 162 Å². The van der Waals surface area contributed by atoms with Crippen molar-refractivity contribution in [2.75, 3.05) is 26.2 Å². The van der Waals surface area contributed by atoms with Gasteiger partial charge in [0, 0.05) is 31.2 Å². The van der Waals surface area contributed by atoms with Gasteiger partial charge in [-0.1, -0.05) is 31.2 Å². The number of benzene rings is 1. The molecular formula is C19H31ClN4O2. The highest BCUT2D eigenvalue weighted by molar-refractivity contribution is 5.95. The summed E-state index contributed by atoms with van der Waals surface area (Å²) in [6, 6.07) is 8.23. The highest BCUT2D eigenvalue weighted by atomic mass is 35.5. The fourth-order valence-electron chi connectivity index (χ4n) is 2.96. The molecule has 1 fully saturated rings. The summed E-state index contributed by atoms with van der Waals surface area (Å²) < 4.78 is 0. The molecule has 3 N–H and O–H groups in total. The van der Waals surface area contributed by atoms with E-state index in [1.54, 1.807) is 0 Å². The molecule has 2 rings (SSSR count). The lowest BCUT2D eigenvalue weighted by molar-refractivity contribution is -0.122. The summed E-state index contributed by atoms with van der Waals surface area (Å²) in [5, 5.41) is 8.55. The van der Waals surface area contributed by atoms with Gasteiger partial charge >= 0.3 is 6.03 Å². The Balaban J connectivity index is 0.00000338. The second-order valence-electron chi connectivity index (χ2n) is 7.54. The number of amides is 3. The summed E-state index contributed by atoms with van der Waals surface area (Å²) in [6.07, 6.45) is 1.01. The number of piperazine rings is 1. The third-order valence-electron chi connectivity index (χ3n) is 4.22. The lowest BCUT2D eigenvalue weighted by atomic mass is 10.0. The Bertz CT molecular complexity index is 599. The lowest BCUT2D eigenvalue weighted by Crippen LogP contribution is -2.53. The second-order valence-corrected chi connectivity index (χ2v) is 7.54. The molecule has 6 nitrogen and oxygen atoms in total. The number of carbonyl (C=O) groups excluding carboxylic acids is 2. The van der Waals surface area contributed by atoms with Gasteiger partial charge in [-0.25, -0.2) is 4.79 Å². The van der Waals surface area contributed by atoms with E-state index in [-0.39, 0.29) is 36.4 Å². The fourth-order valence-corrected chi connectivity index (χ4v) is 2.96. The maximum absolute atomic E-state index is 12.3. The van der Waals surface area contributed by atoms with Crippen molar-refractivity contribution >= 4 is 24.3 Å². The first-order chi connectivity index (χ1) is 11.8. The molecule has 1 aromatic rings. The molecule has 1 unspecified atom stereocenters. The Hall–Kier alpha value is -1.63. The molecule has 1 heterocycles. The molecule has 1 aliphatic rings. The number of imide groups is 1. The van der Waals surface area contributed by atoms with Gasteiger partial charge in [-0.05, 0) is 38.3 Å². The van der Waals surface area contributed by atoms with E-state index in [1.165, 1.54) is 11.1 Å². The summed E-state index contributed by atoms with van der Waals surface area (Å²) >= 11 is 0. The third kappa shape index (κ3) is 6.94. The zero-order valence-corrected chi connectivity index (χ0v) is 16.9. The maximum Gasteiger partial charge on any atom is 0.321 e. The molecule has 3 amide bonds. The fraction of sp³-hybridized carbons (Fsp3) is 0.579. The minimum Gasteiger partial charge on any atom is -0.333 e. The van der Waals surface area contributed by atoms with E-state index < -0.39 is 6.03 Å². The summed E-state index contributed by atoms with van der Waals surface area (Å²) in [4.78, 5) is 26.2. The van der Waals surface area contributed by atoms with Gasteiger partial charge in [-0.2, -0.15) is 0 Å². The van der Waals surface area contributed by atoms with Crippen LogP contribution in [0.1, 0.15) is 44.9 Å². The normalized spacial score (nSPS) is 17.9. The molecule has 0 spiro atoms. The van der Waals surface area contributed by atoms with Crippen LogP contribution in [-0.4, -0.2) is 48.6 Å². The summed E-state index contributed by atoms with van der Waals surface area (Å²) in [5.74, 6) is -0.279. The molecule has 0 saturated carbocycles. The van der Waals surface area contributed by atoms with E-state index in [9.17, 15) is 9.59 Å². The summed E-state index contributed by atoms with van der Waals surface area (Å²) in [7, 11) is 0. The largest absolute Gasteiger partial charge is 0.333 e. The molecular weight excluding hydrogens is 352 g/mol. The number of hydrogen-bond acceptors (Lipinski definition) is 4. The van der Waals surface area contributed by atoms with Gasteiger partial charge in [-0.15, -0.1) is 12.4 Å². The van der Waals surface area contributed by atoms with Crippen LogP contribution in [0.4, 0.5) is 4.79 Å². The van der Waals surface area contributed by atoms with E-state index in [2.05, 4.69) is 52.0 Å². The molecule has 0 radical (unpaired) electrons. The number of carbonyl (C=O) groups is 2. The van der Waals surface area contributed by atoms with Gasteiger partial charge in [0.15, 0.2) is 0 Å². The summed E-state index contributed by atoms with van der Waals surface area (Å²) in [5.41, 5.74) is 2.12. The Morgan fingerprint density at radius 3 is 2.46 bits per heavy atom. The standard InChI is InChI=1S/C19H30N4O2.ClH/c1-5-14-6-8-15(9-7-14)16-12-20-10-11-23(16)13-17(24)21-18(25)22-19(2,3)4;/h6-9,16,20H,5,10-13H2,1-4H3,(H2,21,22,24,25);1H. The van der Waals surface area contributed by atoms with Gasteiger partial charge in [0.05, 0.1) is 6.54 Å². The van der Waals surface area contributed by atoms with Crippen LogP contribution in [0.2, 0.25) is 0 Å². The van der Waals surface area contributed by atoms with Crippen molar-refractivity contribution in [2.24, 2.45) is 0 Å². The molecule has 1 aliphatic heterocycles. The van der Waals surface area contributed by atoms with Gasteiger partial charge in [0.1, 0.15) is 0 Å².